The number of fused-ring (bicyclic) bond motifs is 1. The van der Waals surface area contributed by atoms with Crippen molar-refractivity contribution in [3.05, 3.63) is 63.8 Å². The summed E-state index contributed by atoms with van der Waals surface area (Å²) in [6, 6.07) is 15.9. The molecule has 3 rings (SSSR count). The lowest BCUT2D eigenvalue weighted by molar-refractivity contribution is 0.249. The van der Waals surface area contributed by atoms with Crippen LogP contribution in [0.15, 0.2) is 48.5 Å². The first-order valence-corrected chi connectivity index (χ1v) is 8.48. The van der Waals surface area contributed by atoms with Gasteiger partial charge in [-0.25, -0.2) is 4.79 Å². The van der Waals surface area contributed by atoms with Gasteiger partial charge in [0.2, 0.25) is 0 Å². The number of hydrogen-bond acceptors (Lipinski definition) is 2. The highest BCUT2D eigenvalue weighted by Gasteiger charge is 2.14. The number of carbonyl (C=O) groups excluding carboxylic acids is 1. The second-order valence-electron chi connectivity index (χ2n) is 5.72. The molecule has 0 aliphatic heterocycles. The summed E-state index contributed by atoms with van der Waals surface area (Å²) in [5.74, 6) is 0. The lowest BCUT2D eigenvalue weighted by Gasteiger charge is -2.15. The molecule has 118 valence electrons. The molecule has 0 radical (unpaired) electrons. The molecule has 4 heteroatoms. The maximum Gasteiger partial charge on any atom is 0.319 e. The highest BCUT2D eigenvalue weighted by atomic mass is 32.1. The van der Waals surface area contributed by atoms with Crippen LogP contribution in [0.1, 0.15) is 28.3 Å². The fourth-order valence-corrected chi connectivity index (χ4v) is 3.87. The molecule has 0 aliphatic carbocycles. The van der Waals surface area contributed by atoms with Crippen LogP contribution in [-0.2, 0) is 0 Å². The molecule has 0 saturated carbocycles. The maximum atomic E-state index is 12.3. The van der Waals surface area contributed by atoms with Gasteiger partial charge in [0.1, 0.15) is 0 Å². The number of thiophene rings is 1. The Kier molecular flexibility index (Phi) is 4.35. The number of rotatable bonds is 3. The second-order valence-corrected chi connectivity index (χ2v) is 7.18. The minimum absolute atomic E-state index is 0.0186. The van der Waals surface area contributed by atoms with Crippen LogP contribution >= 0.6 is 11.3 Å². The highest BCUT2D eigenvalue weighted by molar-refractivity contribution is 7.12. The molecule has 1 atom stereocenters. The predicted octanol–water partition coefficient (Wildman–Crippen LogP) is 5.40. The van der Waals surface area contributed by atoms with Gasteiger partial charge in [-0.1, -0.05) is 36.4 Å². The number of urea groups is 1. The van der Waals surface area contributed by atoms with Gasteiger partial charge in [-0.05, 0) is 43.9 Å². The van der Waals surface area contributed by atoms with Crippen molar-refractivity contribution in [3.8, 4) is 0 Å². The fraction of sp³-hybridized carbons (Fsp3) is 0.211. The SMILES string of the molecule is Cc1cc([C@H](C)NC(=O)Nc2cccc3ccccc23)c(C)s1. The van der Waals surface area contributed by atoms with Gasteiger partial charge < -0.3 is 10.6 Å². The zero-order chi connectivity index (χ0) is 16.4. The van der Waals surface area contributed by atoms with Crippen LogP contribution in [-0.4, -0.2) is 6.03 Å². The van der Waals surface area contributed by atoms with E-state index in [9.17, 15) is 4.79 Å². The Hall–Kier alpha value is -2.33. The van der Waals surface area contributed by atoms with Crippen molar-refractivity contribution in [2.45, 2.75) is 26.8 Å². The van der Waals surface area contributed by atoms with Gasteiger partial charge in [-0.15, -0.1) is 11.3 Å². The maximum absolute atomic E-state index is 12.3. The van der Waals surface area contributed by atoms with Gasteiger partial charge in [-0.2, -0.15) is 0 Å². The van der Waals surface area contributed by atoms with Crippen molar-refractivity contribution < 1.29 is 4.79 Å². The fourth-order valence-electron chi connectivity index (χ4n) is 2.85. The Morgan fingerprint density at radius 2 is 1.83 bits per heavy atom. The second kappa shape index (κ2) is 6.42. The molecule has 0 unspecified atom stereocenters. The third kappa shape index (κ3) is 3.37. The first-order chi connectivity index (χ1) is 11.0. The Bertz CT molecular complexity index is 848. The Balaban J connectivity index is 1.75. The molecule has 1 aromatic heterocycles. The van der Waals surface area contributed by atoms with Gasteiger partial charge in [-0.3, -0.25) is 0 Å². The Morgan fingerprint density at radius 3 is 2.57 bits per heavy atom. The van der Waals surface area contributed by atoms with Crippen molar-refractivity contribution in [1.82, 2.24) is 5.32 Å². The number of carbonyl (C=O) groups is 1. The zero-order valence-corrected chi connectivity index (χ0v) is 14.3. The average molecular weight is 324 g/mol. The van der Waals surface area contributed by atoms with Crippen molar-refractivity contribution in [3.63, 3.8) is 0 Å². The third-order valence-electron chi connectivity index (χ3n) is 3.93. The number of nitrogens with one attached hydrogen (secondary N) is 2. The number of hydrogen-bond donors (Lipinski definition) is 2. The first kappa shape index (κ1) is 15.6. The Labute approximate surface area is 140 Å². The van der Waals surface area contributed by atoms with Crippen LogP contribution in [0, 0.1) is 13.8 Å². The monoisotopic (exact) mass is 324 g/mol. The molecule has 0 aliphatic rings. The van der Waals surface area contributed by atoms with Crippen LogP contribution in [0.2, 0.25) is 0 Å². The van der Waals surface area contributed by atoms with E-state index in [1.165, 1.54) is 15.3 Å². The van der Waals surface area contributed by atoms with E-state index in [2.05, 4.69) is 30.5 Å². The van der Waals surface area contributed by atoms with Crippen LogP contribution in [0.5, 0.6) is 0 Å². The summed E-state index contributed by atoms with van der Waals surface area (Å²) in [4.78, 5) is 14.9. The molecule has 0 bridgehead atoms. The van der Waals surface area contributed by atoms with Gasteiger partial charge in [0.25, 0.3) is 0 Å². The zero-order valence-electron chi connectivity index (χ0n) is 13.5. The standard InChI is InChI=1S/C19H20N2OS/c1-12-11-17(14(3)23-12)13(2)20-19(22)21-18-10-6-8-15-7-4-5-9-16(15)18/h4-11,13H,1-3H3,(H2,20,21,22)/t13-/m0/s1. The van der Waals surface area contributed by atoms with E-state index in [-0.39, 0.29) is 12.1 Å². The summed E-state index contributed by atoms with van der Waals surface area (Å²) in [6.07, 6.45) is 0. The Morgan fingerprint density at radius 1 is 1.09 bits per heavy atom. The number of benzene rings is 2. The highest BCUT2D eigenvalue weighted by Crippen LogP contribution is 2.27. The predicted molar refractivity (Wildman–Crippen MR) is 98.3 cm³/mol. The van der Waals surface area contributed by atoms with Crippen LogP contribution in [0.25, 0.3) is 10.8 Å². The minimum atomic E-state index is -0.183. The molecule has 2 aromatic carbocycles. The lowest BCUT2D eigenvalue weighted by atomic mass is 10.1. The van der Waals surface area contributed by atoms with Gasteiger partial charge in [0.15, 0.2) is 0 Å². The van der Waals surface area contributed by atoms with Crippen LogP contribution in [0.3, 0.4) is 0 Å². The van der Waals surface area contributed by atoms with Crippen molar-refractivity contribution in [1.29, 1.82) is 0 Å². The largest absolute Gasteiger partial charge is 0.331 e. The van der Waals surface area contributed by atoms with E-state index >= 15 is 0 Å². The normalized spacial score (nSPS) is 12.1. The quantitative estimate of drug-likeness (QED) is 0.665. The van der Waals surface area contributed by atoms with Gasteiger partial charge in [0.05, 0.1) is 11.7 Å². The number of aryl methyl sites for hydroxylation is 2. The third-order valence-corrected chi connectivity index (χ3v) is 4.91. The molecule has 1 heterocycles. The molecule has 23 heavy (non-hydrogen) atoms. The van der Waals surface area contributed by atoms with E-state index < -0.39 is 0 Å². The molecule has 2 amide bonds. The van der Waals surface area contributed by atoms with Crippen LogP contribution < -0.4 is 10.6 Å². The molecule has 3 aromatic rings. The molecule has 0 spiro atoms. The number of amides is 2. The molecular weight excluding hydrogens is 304 g/mol. The van der Waals surface area contributed by atoms with E-state index in [1.807, 2.05) is 49.4 Å². The average Bonchev–Trinajstić information content (AvgIpc) is 2.86. The lowest BCUT2D eigenvalue weighted by Crippen LogP contribution is -2.31. The smallest absolute Gasteiger partial charge is 0.319 e. The summed E-state index contributed by atoms with van der Waals surface area (Å²) in [5, 5.41) is 8.14. The van der Waals surface area contributed by atoms with E-state index in [0.717, 1.165) is 16.5 Å². The molecule has 2 N–H and O–H groups in total. The number of anilines is 1. The van der Waals surface area contributed by atoms with Crippen molar-refractivity contribution >= 4 is 33.8 Å². The van der Waals surface area contributed by atoms with Crippen molar-refractivity contribution in [2.75, 3.05) is 5.32 Å². The van der Waals surface area contributed by atoms with Crippen LogP contribution in [0.4, 0.5) is 10.5 Å². The summed E-state index contributed by atoms with van der Waals surface area (Å²) in [6.45, 7) is 6.19. The molecule has 0 fully saturated rings. The minimum Gasteiger partial charge on any atom is -0.331 e. The summed E-state index contributed by atoms with van der Waals surface area (Å²) < 4.78 is 0. The molecular formula is C19H20N2OS. The first-order valence-electron chi connectivity index (χ1n) is 7.67. The summed E-state index contributed by atoms with van der Waals surface area (Å²) in [5.41, 5.74) is 2.01. The van der Waals surface area contributed by atoms with E-state index in [0.29, 0.717) is 0 Å². The van der Waals surface area contributed by atoms with E-state index in [4.69, 9.17) is 0 Å². The summed E-state index contributed by atoms with van der Waals surface area (Å²) in [7, 11) is 0. The van der Waals surface area contributed by atoms with E-state index in [1.54, 1.807) is 11.3 Å². The topological polar surface area (TPSA) is 41.1 Å². The summed E-state index contributed by atoms with van der Waals surface area (Å²) >= 11 is 1.76. The van der Waals surface area contributed by atoms with Gasteiger partial charge in [0, 0.05) is 15.1 Å². The molecule has 3 nitrogen and oxygen atoms in total. The molecule has 0 saturated heterocycles. The van der Waals surface area contributed by atoms with Gasteiger partial charge >= 0.3 is 6.03 Å². The van der Waals surface area contributed by atoms with Crippen molar-refractivity contribution in [2.24, 2.45) is 0 Å².